The number of likely N-dealkylation sites (N-methyl/N-ethyl adjacent to an activating group) is 1. The summed E-state index contributed by atoms with van der Waals surface area (Å²) < 4.78 is 9.90. The Bertz CT molecular complexity index is 363. The van der Waals surface area contributed by atoms with Crippen LogP contribution in [-0.2, 0) is 14.3 Å². The average Bonchev–Trinajstić information content (AvgIpc) is 2.38. The Morgan fingerprint density at radius 1 is 1.65 bits per heavy atom. The summed E-state index contributed by atoms with van der Waals surface area (Å²) in [5, 5.41) is 6.72. The van der Waals surface area contributed by atoms with Crippen LogP contribution in [0.15, 0.2) is 16.8 Å². The lowest BCUT2D eigenvalue weighted by atomic mass is 9.88. The van der Waals surface area contributed by atoms with E-state index >= 15 is 0 Å². The SMILES string of the molecule is CNC1CC(C(=O)OC)=CC(OC)C1N=[N+]=[N-]. The van der Waals surface area contributed by atoms with Crippen LogP contribution < -0.4 is 5.32 Å². The van der Waals surface area contributed by atoms with E-state index in [-0.39, 0.29) is 18.1 Å². The molecular formula is C10H16N4O3. The lowest BCUT2D eigenvalue weighted by molar-refractivity contribution is -0.136. The van der Waals surface area contributed by atoms with Gasteiger partial charge in [0.1, 0.15) is 0 Å². The summed E-state index contributed by atoms with van der Waals surface area (Å²) in [7, 11) is 4.59. The third kappa shape index (κ3) is 2.97. The van der Waals surface area contributed by atoms with Gasteiger partial charge in [-0.1, -0.05) is 5.11 Å². The van der Waals surface area contributed by atoms with E-state index in [1.165, 1.54) is 14.2 Å². The van der Waals surface area contributed by atoms with E-state index in [9.17, 15) is 4.79 Å². The number of rotatable bonds is 4. The monoisotopic (exact) mass is 240 g/mol. The smallest absolute Gasteiger partial charge is 0.333 e. The van der Waals surface area contributed by atoms with Crippen LogP contribution in [0.3, 0.4) is 0 Å². The lowest BCUT2D eigenvalue weighted by Crippen LogP contribution is -2.47. The second-order valence-electron chi connectivity index (χ2n) is 3.68. The molecule has 7 heteroatoms. The second-order valence-corrected chi connectivity index (χ2v) is 3.68. The Kier molecular flexibility index (Phi) is 4.96. The summed E-state index contributed by atoms with van der Waals surface area (Å²) in [6, 6.07) is -0.515. The van der Waals surface area contributed by atoms with Gasteiger partial charge in [-0.3, -0.25) is 0 Å². The third-order valence-corrected chi connectivity index (χ3v) is 2.83. The zero-order valence-electron chi connectivity index (χ0n) is 10.1. The van der Waals surface area contributed by atoms with E-state index in [4.69, 9.17) is 10.3 Å². The van der Waals surface area contributed by atoms with Crippen LogP contribution in [-0.4, -0.2) is 45.4 Å². The van der Waals surface area contributed by atoms with E-state index in [0.29, 0.717) is 12.0 Å². The zero-order valence-corrected chi connectivity index (χ0v) is 10.1. The highest BCUT2D eigenvalue weighted by molar-refractivity contribution is 5.88. The third-order valence-electron chi connectivity index (χ3n) is 2.83. The quantitative estimate of drug-likeness (QED) is 0.340. The van der Waals surface area contributed by atoms with Gasteiger partial charge in [-0.05, 0) is 25.1 Å². The maximum atomic E-state index is 11.5. The van der Waals surface area contributed by atoms with Crippen molar-refractivity contribution in [2.45, 2.75) is 24.6 Å². The highest BCUT2D eigenvalue weighted by atomic mass is 16.5. The van der Waals surface area contributed by atoms with Crippen LogP contribution in [0.5, 0.6) is 0 Å². The molecular weight excluding hydrogens is 224 g/mol. The molecule has 3 unspecified atom stereocenters. The van der Waals surface area contributed by atoms with E-state index < -0.39 is 6.10 Å². The summed E-state index contributed by atoms with van der Waals surface area (Å²) >= 11 is 0. The fourth-order valence-corrected chi connectivity index (χ4v) is 1.92. The Morgan fingerprint density at radius 2 is 2.35 bits per heavy atom. The van der Waals surface area contributed by atoms with Crippen molar-refractivity contribution in [3.8, 4) is 0 Å². The van der Waals surface area contributed by atoms with Crippen molar-refractivity contribution in [2.75, 3.05) is 21.3 Å². The normalized spacial score (nSPS) is 27.9. The second kappa shape index (κ2) is 6.24. The molecule has 7 nitrogen and oxygen atoms in total. The van der Waals surface area contributed by atoms with Gasteiger partial charge in [0, 0.05) is 23.6 Å². The number of methoxy groups -OCH3 is 2. The van der Waals surface area contributed by atoms with Crippen LogP contribution in [0.1, 0.15) is 6.42 Å². The van der Waals surface area contributed by atoms with Gasteiger partial charge in [0.2, 0.25) is 0 Å². The number of hydrogen-bond donors (Lipinski definition) is 1. The summed E-state index contributed by atoms with van der Waals surface area (Å²) in [6.45, 7) is 0. The Morgan fingerprint density at radius 3 is 2.82 bits per heavy atom. The number of esters is 1. The molecule has 0 bridgehead atoms. The molecule has 0 aliphatic heterocycles. The standard InChI is InChI=1S/C10H16N4O3/c1-12-7-4-6(10(15)17-3)5-8(16-2)9(7)13-14-11/h5,7-9,12H,4H2,1-3H3. The van der Waals surface area contributed by atoms with Crippen molar-refractivity contribution in [1.29, 1.82) is 0 Å². The summed E-state index contributed by atoms with van der Waals surface area (Å²) in [5.74, 6) is -0.383. The van der Waals surface area contributed by atoms with E-state index in [0.717, 1.165) is 0 Å². The first-order valence-corrected chi connectivity index (χ1v) is 5.21. The van der Waals surface area contributed by atoms with Crippen LogP contribution in [0.25, 0.3) is 10.4 Å². The first kappa shape index (κ1) is 13.5. The van der Waals surface area contributed by atoms with Crippen molar-refractivity contribution in [3.63, 3.8) is 0 Å². The molecule has 94 valence electrons. The van der Waals surface area contributed by atoms with Crippen LogP contribution in [0.4, 0.5) is 0 Å². The molecule has 0 saturated carbocycles. The molecule has 1 aliphatic carbocycles. The van der Waals surface area contributed by atoms with Gasteiger partial charge < -0.3 is 14.8 Å². The van der Waals surface area contributed by atoms with Crippen LogP contribution in [0.2, 0.25) is 0 Å². The average molecular weight is 240 g/mol. The van der Waals surface area contributed by atoms with Gasteiger partial charge in [0.15, 0.2) is 0 Å². The zero-order chi connectivity index (χ0) is 12.8. The Balaban J connectivity index is 3.01. The fourth-order valence-electron chi connectivity index (χ4n) is 1.92. The van der Waals surface area contributed by atoms with Gasteiger partial charge in [-0.15, -0.1) is 0 Å². The minimum absolute atomic E-state index is 0.144. The minimum atomic E-state index is -0.425. The highest BCUT2D eigenvalue weighted by Crippen LogP contribution is 2.24. The van der Waals surface area contributed by atoms with Gasteiger partial charge in [-0.2, -0.15) is 0 Å². The largest absolute Gasteiger partial charge is 0.466 e. The molecule has 0 aromatic heterocycles. The number of hydrogen-bond acceptors (Lipinski definition) is 5. The molecule has 0 heterocycles. The number of nitrogens with zero attached hydrogens (tertiary/aromatic N) is 3. The fraction of sp³-hybridized carbons (Fsp3) is 0.700. The molecule has 0 spiro atoms. The maximum absolute atomic E-state index is 11.5. The number of ether oxygens (including phenoxy) is 2. The van der Waals surface area contributed by atoms with Crippen LogP contribution in [0, 0.1) is 0 Å². The minimum Gasteiger partial charge on any atom is -0.466 e. The summed E-state index contributed by atoms with van der Waals surface area (Å²) in [4.78, 5) is 14.3. The molecule has 1 aliphatic rings. The van der Waals surface area contributed by atoms with E-state index in [2.05, 4.69) is 20.1 Å². The lowest BCUT2D eigenvalue weighted by Gasteiger charge is -2.32. The number of carbonyl (C=O) groups excluding carboxylic acids is 1. The van der Waals surface area contributed by atoms with Crippen molar-refractivity contribution in [1.82, 2.24) is 5.32 Å². The molecule has 3 atom stereocenters. The van der Waals surface area contributed by atoms with Crippen molar-refractivity contribution in [3.05, 3.63) is 22.1 Å². The molecule has 0 radical (unpaired) electrons. The van der Waals surface area contributed by atoms with Crippen molar-refractivity contribution >= 4 is 5.97 Å². The molecule has 0 saturated heterocycles. The number of nitrogens with one attached hydrogen (secondary N) is 1. The summed E-state index contributed by atoms with van der Waals surface area (Å²) in [6.07, 6.45) is 1.68. The molecule has 0 fully saturated rings. The van der Waals surface area contributed by atoms with Gasteiger partial charge in [0.05, 0.1) is 19.3 Å². The van der Waals surface area contributed by atoms with Gasteiger partial charge in [0.25, 0.3) is 0 Å². The van der Waals surface area contributed by atoms with Crippen molar-refractivity contribution < 1.29 is 14.3 Å². The highest BCUT2D eigenvalue weighted by Gasteiger charge is 2.34. The number of azide groups is 1. The van der Waals surface area contributed by atoms with E-state index in [1.807, 2.05) is 0 Å². The molecule has 1 rings (SSSR count). The van der Waals surface area contributed by atoms with Gasteiger partial charge >= 0.3 is 5.97 Å². The molecule has 0 amide bonds. The molecule has 0 aromatic rings. The first-order valence-electron chi connectivity index (χ1n) is 5.21. The number of carbonyl (C=O) groups is 1. The molecule has 1 N–H and O–H groups in total. The first-order chi connectivity index (χ1) is 8.17. The Labute approximate surface area is 99.4 Å². The maximum Gasteiger partial charge on any atom is 0.333 e. The molecule has 17 heavy (non-hydrogen) atoms. The predicted molar refractivity (Wildman–Crippen MR) is 61.3 cm³/mol. The topological polar surface area (TPSA) is 96.3 Å². The van der Waals surface area contributed by atoms with Crippen LogP contribution >= 0.6 is 0 Å². The van der Waals surface area contributed by atoms with Crippen molar-refractivity contribution in [2.24, 2.45) is 5.11 Å². The Hall–Kier alpha value is -1.56. The predicted octanol–water partition coefficient (Wildman–Crippen LogP) is 0.771. The van der Waals surface area contributed by atoms with E-state index in [1.54, 1.807) is 13.1 Å². The molecule has 0 aromatic carbocycles. The van der Waals surface area contributed by atoms with Gasteiger partial charge in [-0.25, -0.2) is 4.79 Å². The summed E-state index contributed by atoms with van der Waals surface area (Å²) in [5.41, 5.74) is 9.06.